The van der Waals surface area contributed by atoms with Crippen molar-refractivity contribution in [1.29, 1.82) is 0 Å². The highest BCUT2D eigenvalue weighted by Crippen LogP contribution is 2.27. The van der Waals surface area contributed by atoms with E-state index < -0.39 is 24.6 Å². The summed E-state index contributed by atoms with van der Waals surface area (Å²) in [7, 11) is 0. The zero-order valence-electron chi connectivity index (χ0n) is 16.3. The van der Waals surface area contributed by atoms with Crippen LogP contribution in [0.25, 0.3) is 0 Å². The van der Waals surface area contributed by atoms with Crippen LogP contribution >= 0.6 is 0 Å². The van der Waals surface area contributed by atoms with Crippen molar-refractivity contribution in [3.8, 4) is 5.75 Å². The summed E-state index contributed by atoms with van der Waals surface area (Å²) < 4.78 is 45.7. The number of hydrogen-bond donors (Lipinski definition) is 2. The van der Waals surface area contributed by atoms with Gasteiger partial charge in [0.05, 0.1) is 12.1 Å². The van der Waals surface area contributed by atoms with E-state index in [1.165, 1.54) is 41.4 Å². The molecule has 0 bridgehead atoms. The molecule has 162 valence electrons. The summed E-state index contributed by atoms with van der Waals surface area (Å²) in [4.78, 5) is 21.8. The SMILES string of the molecule is CC[C@@H](O)[C@H]1COC(=O)N1c1ccnc(N[C@@H](C)c2ccc(OC(F)(F)F)cc2)n1. The maximum Gasteiger partial charge on any atom is 0.573 e. The van der Waals surface area contributed by atoms with Crippen LogP contribution in [0.15, 0.2) is 36.5 Å². The van der Waals surface area contributed by atoms with E-state index in [4.69, 9.17) is 4.74 Å². The van der Waals surface area contributed by atoms with Gasteiger partial charge in [0, 0.05) is 6.20 Å². The number of anilines is 2. The Morgan fingerprint density at radius 2 is 2.03 bits per heavy atom. The first kappa shape index (κ1) is 21.6. The predicted octanol–water partition coefficient (Wildman–Crippen LogP) is 3.64. The van der Waals surface area contributed by atoms with Gasteiger partial charge in [0.1, 0.15) is 24.2 Å². The Morgan fingerprint density at radius 3 is 2.67 bits per heavy atom. The van der Waals surface area contributed by atoms with Gasteiger partial charge in [-0.25, -0.2) is 9.78 Å². The molecule has 2 N–H and O–H groups in total. The van der Waals surface area contributed by atoms with E-state index in [0.717, 1.165) is 0 Å². The lowest BCUT2D eigenvalue weighted by Gasteiger charge is -2.24. The molecule has 2 heterocycles. The number of benzene rings is 1. The highest BCUT2D eigenvalue weighted by molar-refractivity contribution is 5.89. The van der Waals surface area contributed by atoms with Gasteiger partial charge in [-0.1, -0.05) is 19.1 Å². The van der Waals surface area contributed by atoms with Gasteiger partial charge in [-0.05, 0) is 37.1 Å². The van der Waals surface area contributed by atoms with E-state index in [-0.39, 0.29) is 30.2 Å². The second-order valence-electron chi connectivity index (χ2n) is 6.71. The number of aliphatic hydroxyl groups is 1. The Kier molecular flexibility index (Phi) is 6.30. The molecular formula is C19H21F3N4O4. The zero-order chi connectivity index (χ0) is 21.9. The number of carbonyl (C=O) groups excluding carboxylic acids is 1. The molecule has 0 spiro atoms. The lowest BCUT2D eigenvalue weighted by Crippen LogP contribution is -2.42. The van der Waals surface area contributed by atoms with Crippen LogP contribution in [0.3, 0.4) is 0 Å². The molecule has 30 heavy (non-hydrogen) atoms. The Hall–Kier alpha value is -3.08. The van der Waals surface area contributed by atoms with Crippen LogP contribution in [0.5, 0.6) is 5.75 Å². The van der Waals surface area contributed by atoms with E-state index in [1.807, 2.05) is 0 Å². The molecule has 0 radical (unpaired) electrons. The maximum atomic E-state index is 12.3. The van der Waals surface area contributed by atoms with Crippen molar-refractivity contribution in [3.63, 3.8) is 0 Å². The molecule has 3 rings (SSSR count). The van der Waals surface area contributed by atoms with Crippen LogP contribution in [0.1, 0.15) is 31.9 Å². The number of cyclic esters (lactones) is 1. The summed E-state index contributed by atoms with van der Waals surface area (Å²) in [5, 5.41) is 13.2. The zero-order valence-corrected chi connectivity index (χ0v) is 16.3. The van der Waals surface area contributed by atoms with Crippen molar-refractivity contribution < 1.29 is 32.5 Å². The first-order valence-electron chi connectivity index (χ1n) is 9.27. The quantitative estimate of drug-likeness (QED) is 0.698. The molecule has 1 aliphatic rings. The average molecular weight is 426 g/mol. The van der Waals surface area contributed by atoms with E-state index in [1.54, 1.807) is 13.8 Å². The minimum Gasteiger partial charge on any atom is -0.447 e. The molecule has 1 fully saturated rings. The van der Waals surface area contributed by atoms with Crippen LogP contribution in [0.2, 0.25) is 0 Å². The van der Waals surface area contributed by atoms with E-state index in [2.05, 4.69) is 20.0 Å². The van der Waals surface area contributed by atoms with E-state index >= 15 is 0 Å². The fraction of sp³-hybridized carbons (Fsp3) is 0.421. The number of ether oxygens (including phenoxy) is 2. The normalized spacial score (nSPS) is 18.7. The third-order valence-electron chi connectivity index (χ3n) is 4.62. The van der Waals surface area contributed by atoms with Crippen molar-refractivity contribution >= 4 is 17.9 Å². The van der Waals surface area contributed by atoms with Crippen LogP contribution in [-0.2, 0) is 4.74 Å². The average Bonchev–Trinajstić information content (AvgIpc) is 3.08. The molecule has 11 heteroatoms. The first-order valence-corrected chi connectivity index (χ1v) is 9.27. The van der Waals surface area contributed by atoms with Crippen molar-refractivity contribution in [2.75, 3.05) is 16.8 Å². The summed E-state index contributed by atoms with van der Waals surface area (Å²) in [5.74, 6) is 0.165. The van der Waals surface area contributed by atoms with Crippen LogP contribution in [0.4, 0.5) is 29.7 Å². The summed E-state index contributed by atoms with van der Waals surface area (Å²) in [6.45, 7) is 3.64. The topological polar surface area (TPSA) is 96.8 Å². The van der Waals surface area contributed by atoms with Gasteiger partial charge in [-0.15, -0.1) is 13.2 Å². The molecule has 0 saturated carbocycles. The number of carbonyl (C=O) groups is 1. The van der Waals surface area contributed by atoms with Gasteiger partial charge in [0.25, 0.3) is 0 Å². The molecule has 1 saturated heterocycles. The van der Waals surface area contributed by atoms with Gasteiger partial charge >= 0.3 is 12.5 Å². The lowest BCUT2D eigenvalue weighted by molar-refractivity contribution is -0.274. The van der Waals surface area contributed by atoms with E-state index in [9.17, 15) is 23.1 Å². The number of aliphatic hydroxyl groups excluding tert-OH is 1. The Labute approximate surface area is 170 Å². The van der Waals surface area contributed by atoms with Gasteiger partial charge in [-0.3, -0.25) is 4.90 Å². The molecule has 1 aliphatic heterocycles. The third-order valence-corrected chi connectivity index (χ3v) is 4.62. The largest absolute Gasteiger partial charge is 0.573 e. The number of amides is 1. The van der Waals surface area contributed by atoms with Crippen LogP contribution in [-0.4, -0.2) is 46.3 Å². The second-order valence-corrected chi connectivity index (χ2v) is 6.71. The molecule has 2 aromatic rings. The Morgan fingerprint density at radius 1 is 1.33 bits per heavy atom. The summed E-state index contributed by atoms with van der Waals surface area (Å²) >= 11 is 0. The van der Waals surface area contributed by atoms with Crippen molar-refractivity contribution in [2.24, 2.45) is 0 Å². The monoisotopic (exact) mass is 426 g/mol. The van der Waals surface area contributed by atoms with Gasteiger partial charge in [-0.2, -0.15) is 4.98 Å². The van der Waals surface area contributed by atoms with E-state index in [0.29, 0.717) is 12.0 Å². The molecule has 8 nitrogen and oxygen atoms in total. The summed E-state index contributed by atoms with van der Waals surface area (Å²) in [6, 6.07) is 6.06. The standard InChI is InChI=1S/C19H21F3N4O4/c1-3-15(27)14-10-29-18(28)26(14)16-8-9-23-17(25-16)24-11(2)12-4-6-13(7-5-12)30-19(20,21)22/h4-9,11,14-15,27H,3,10H2,1-2H3,(H,23,24,25)/t11-,14+,15+/m0/s1. The minimum atomic E-state index is -4.75. The fourth-order valence-corrected chi connectivity index (χ4v) is 3.04. The van der Waals surface area contributed by atoms with Gasteiger partial charge < -0.3 is 19.9 Å². The maximum absolute atomic E-state index is 12.3. The number of alkyl halides is 3. The highest BCUT2D eigenvalue weighted by atomic mass is 19.4. The molecule has 1 amide bonds. The summed E-state index contributed by atoms with van der Waals surface area (Å²) in [6.07, 6.45) is -4.22. The van der Waals surface area contributed by atoms with Gasteiger partial charge in [0.15, 0.2) is 0 Å². The first-order chi connectivity index (χ1) is 14.2. The number of nitrogens with one attached hydrogen (secondary N) is 1. The number of halogens is 3. The number of rotatable bonds is 7. The molecular weight excluding hydrogens is 405 g/mol. The molecule has 3 atom stereocenters. The van der Waals surface area contributed by atoms with Gasteiger partial charge in [0.2, 0.25) is 5.95 Å². The van der Waals surface area contributed by atoms with Crippen molar-refractivity contribution in [3.05, 3.63) is 42.1 Å². The van der Waals surface area contributed by atoms with Crippen LogP contribution < -0.4 is 15.0 Å². The molecule has 0 aliphatic carbocycles. The number of hydrogen-bond acceptors (Lipinski definition) is 7. The number of aromatic nitrogens is 2. The molecule has 1 aromatic carbocycles. The van der Waals surface area contributed by atoms with Crippen LogP contribution in [0, 0.1) is 0 Å². The van der Waals surface area contributed by atoms with Crippen molar-refractivity contribution in [2.45, 2.75) is 44.8 Å². The predicted molar refractivity (Wildman–Crippen MR) is 101 cm³/mol. The highest BCUT2D eigenvalue weighted by Gasteiger charge is 2.39. The number of nitrogens with zero attached hydrogens (tertiary/aromatic N) is 3. The second kappa shape index (κ2) is 8.74. The fourth-order valence-electron chi connectivity index (χ4n) is 3.04. The lowest BCUT2D eigenvalue weighted by atomic mass is 10.1. The molecule has 0 unspecified atom stereocenters. The summed E-state index contributed by atoms with van der Waals surface area (Å²) in [5.41, 5.74) is 0.679. The smallest absolute Gasteiger partial charge is 0.447 e. The van der Waals surface area contributed by atoms with Crippen molar-refractivity contribution in [1.82, 2.24) is 9.97 Å². The Bertz CT molecular complexity index is 879. The molecule has 1 aromatic heterocycles. The third kappa shape index (κ3) is 5.09. The Balaban J connectivity index is 1.72. The minimum absolute atomic E-state index is 0.0589.